The van der Waals surface area contributed by atoms with Crippen LogP contribution in [0.25, 0.3) is 0 Å². The van der Waals surface area contributed by atoms with Crippen molar-refractivity contribution < 1.29 is 14.3 Å². The Kier molecular flexibility index (Phi) is 7.11. The van der Waals surface area contributed by atoms with Gasteiger partial charge in [0, 0.05) is 43.6 Å². The van der Waals surface area contributed by atoms with Gasteiger partial charge in [0.1, 0.15) is 5.75 Å². The minimum atomic E-state index is -0.0712. The molecule has 0 saturated carbocycles. The van der Waals surface area contributed by atoms with Crippen LogP contribution in [0.15, 0.2) is 66.9 Å². The van der Waals surface area contributed by atoms with Crippen LogP contribution in [0.4, 0.5) is 11.5 Å². The summed E-state index contributed by atoms with van der Waals surface area (Å²) >= 11 is 0. The number of amides is 2. The Hall–Kier alpha value is -3.94. The van der Waals surface area contributed by atoms with Crippen LogP contribution >= 0.6 is 0 Å². The number of nitrogens with zero attached hydrogens (tertiary/aromatic N) is 4. The number of piperidine rings is 1. The van der Waals surface area contributed by atoms with Gasteiger partial charge >= 0.3 is 0 Å². The zero-order valence-corrected chi connectivity index (χ0v) is 20.5. The van der Waals surface area contributed by atoms with Crippen LogP contribution in [0, 0.1) is 5.92 Å². The number of hydrogen-bond donors (Lipinski definition) is 1. The first-order valence-corrected chi connectivity index (χ1v) is 12.5. The number of carbonyl (C=O) groups is 2. The van der Waals surface area contributed by atoms with E-state index in [1.54, 1.807) is 19.4 Å². The molecular formula is C28H31N5O3. The lowest BCUT2D eigenvalue weighted by molar-refractivity contribution is -0.119. The topological polar surface area (TPSA) is 87.7 Å². The number of aromatic nitrogens is 2. The third-order valence-corrected chi connectivity index (χ3v) is 7.19. The molecule has 2 aliphatic heterocycles. The molecule has 3 heterocycles. The second-order valence-corrected chi connectivity index (χ2v) is 9.42. The molecule has 1 N–H and O–H groups in total. The fourth-order valence-corrected chi connectivity index (χ4v) is 5.08. The Balaban J connectivity index is 1.12. The number of carbonyl (C=O) groups excluding carboxylic acids is 2. The van der Waals surface area contributed by atoms with Crippen LogP contribution in [-0.2, 0) is 4.79 Å². The molecule has 8 heteroatoms. The van der Waals surface area contributed by atoms with E-state index >= 15 is 0 Å². The summed E-state index contributed by atoms with van der Waals surface area (Å²) < 4.78 is 5.25. The molecule has 0 bridgehead atoms. The van der Waals surface area contributed by atoms with Crippen LogP contribution in [0.5, 0.6) is 5.75 Å². The Labute approximate surface area is 211 Å². The highest BCUT2D eigenvalue weighted by molar-refractivity contribution is 5.95. The minimum absolute atomic E-state index is 0.0403. The zero-order valence-electron chi connectivity index (χ0n) is 20.5. The summed E-state index contributed by atoms with van der Waals surface area (Å²) in [6.45, 7) is 2.90. The van der Waals surface area contributed by atoms with Gasteiger partial charge in [-0.25, -0.2) is 0 Å². The third-order valence-electron chi connectivity index (χ3n) is 7.19. The average Bonchev–Trinajstić information content (AvgIpc) is 3.44. The highest BCUT2D eigenvalue weighted by Gasteiger charge is 2.29. The first kappa shape index (κ1) is 23.8. The molecule has 186 valence electrons. The highest BCUT2D eigenvalue weighted by Crippen LogP contribution is 2.30. The predicted molar refractivity (Wildman–Crippen MR) is 138 cm³/mol. The maximum atomic E-state index is 12.9. The van der Waals surface area contributed by atoms with E-state index in [-0.39, 0.29) is 17.7 Å². The summed E-state index contributed by atoms with van der Waals surface area (Å²) in [5.41, 5.74) is 2.72. The van der Waals surface area contributed by atoms with Gasteiger partial charge in [0.25, 0.3) is 5.91 Å². The van der Waals surface area contributed by atoms with Crippen molar-refractivity contribution in [2.24, 2.45) is 5.92 Å². The van der Waals surface area contributed by atoms with Gasteiger partial charge in [-0.15, -0.1) is 5.10 Å². The van der Waals surface area contributed by atoms with E-state index in [1.165, 1.54) is 5.56 Å². The van der Waals surface area contributed by atoms with E-state index < -0.39 is 0 Å². The van der Waals surface area contributed by atoms with Gasteiger partial charge in [0.05, 0.1) is 13.0 Å². The van der Waals surface area contributed by atoms with Crippen LogP contribution < -0.4 is 15.0 Å². The summed E-state index contributed by atoms with van der Waals surface area (Å²) in [7, 11) is 1.61. The van der Waals surface area contributed by atoms with Gasteiger partial charge in [-0.05, 0) is 73.2 Å². The number of ether oxygens (including phenoxy) is 1. The Morgan fingerprint density at radius 3 is 2.50 bits per heavy atom. The molecule has 1 unspecified atom stereocenters. The monoisotopic (exact) mass is 485 g/mol. The number of methoxy groups -OCH3 is 1. The maximum absolute atomic E-state index is 12.9. The van der Waals surface area contributed by atoms with E-state index in [2.05, 4.69) is 32.5 Å². The van der Waals surface area contributed by atoms with Gasteiger partial charge in [0.15, 0.2) is 5.82 Å². The lowest BCUT2D eigenvalue weighted by Crippen LogP contribution is -2.37. The van der Waals surface area contributed by atoms with Crippen LogP contribution in [0.2, 0.25) is 0 Å². The number of anilines is 2. The number of hydrogen-bond acceptors (Lipinski definition) is 6. The molecule has 2 aromatic carbocycles. The van der Waals surface area contributed by atoms with E-state index in [0.29, 0.717) is 23.8 Å². The quantitative estimate of drug-likeness (QED) is 0.569. The average molecular weight is 486 g/mol. The number of likely N-dealkylation sites (tertiary alicyclic amines) is 1. The molecule has 8 nitrogen and oxygen atoms in total. The first-order chi connectivity index (χ1) is 17.6. The number of nitrogens with one attached hydrogen (secondary N) is 1. The first-order valence-electron chi connectivity index (χ1n) is 12.5. The molecule has 1 aromatic heterocycles. The molecule has 2 aliphatic rings. The van der Waals surface area contributed by atoms with Gasteiger partial charge in [-0.3, -0.25) is 9.59 Å². The van der Waals surface area contributed by atoms with Crippen molar-refractivity contribution >= 4 is 23.3 Å². The van der Waals surface area contributed by atoms with Crippen molar-refractivity contribution in [2.45, 2.75) is 25.2 Å². The van der Waals surface area contributed by atoms with E-state index in [1.807, 2.05) is 47.4 Å². The second-order valence-electron chi connectivity index (χ2n) is 9.42. The molecule has 0 spiro atoms. The normalized spacial score (nSPS) is 18.2. The maximum Gasteiger partial charge on any atom is 0.253 e. The molecule has 5 rings (SSSR count). The lowest BCUT2D eigenvalue weighted by Gasteiger charge is -2.32. The second kappa shape index (κ2) is 10.8. The van der Waals surface area contributed by atoms with Crippen molar-refractivity contribution in [1.82, 2.24) is 15.1 Å². The van der Waals surface area contributed by atoms with E-state index in [4.69, 9.17) is 4.74 Å². The van der Waals surface area contributed by atoms with Crippen molar-refractivity contribution in [3.05, 3.63) is 78.0 Å². The van der Waals surface area contributed by atoms with Crippen LogP contribution in [0.3, 0.4) is 0 Å². The summed E-state index contributed by atoms with van der Waals surface area (Å²) in [6, 6.07) is 19.3. The Morgan fingerprint density at radius 2 is 1.78 bits per heavy atom. The third kappa shape index (κ3) is 5.32. The molecular weight excluding hydrogens is 454 g/mol. The Morgan fingerprint density at radius 1 is 0.972 bits per heavy atom. The largest absolute Gasteiger partial charge is 0.497 e. The molecule has 2 fully saturated rings. The summed E-state index contributed by atoms with van der Waals surface area (Å²) in [5.74, 6) is 1.93. The molecule has 36 heavy (non-hydrogen) atoms. The molecule has 3 aromatic rings. The van der Waals surface area contributed by atoms with Crippen molar-refractivity contribution in [3.8, 4) is 5.75 Å². The SMILES string of the molecule is COc1cccc(C(=O)N2CCC(c3ccc(NC(=O)C4CCN(c5cccnn5)C4)cc3)CC2)c1. The minimum Gasteiger partial charge on any atom is -0.497 e. The molecule has 2 amide bonds. The Bertz CT molecular complexity index is 1190. The van der Waals surface area contributed by atoms with Crippen molar-refractivity contribution in [2.75, 3.05) is 43.5 Å². The predicted octanol–water partition coefficient (Wildman–Crippen LogP) is 3.97. The number of benzene rings is 2. The van der Waals surface area contributed by atoms with Gasteiger partial charge in [-0.2, -0.15) is 5.10 Å². The van der Waals surface area contributed by atoms with Gasteiger partial charge < -0.3 is 19.9 Å². The molecule has 0 radical (unpaired) electrons. The summed E-state index contributed by atoms with van der Waals surface area (Å²) in [6.07, 6.45) is 4.29. The van der Waals surface area contributed by atoms with Crippen LogP contribution in [-0.4, -0.2) is 60.2 Å². The lowest BCUT2D eigenvalue weighted by atomic mass is 9.89. The van der Waals surface area contributed by atoms with E-state index in [9.17, 15) is 9.59 Å². The smallest absolute Gasteiger partial charge is 0.253 e. The van der Waals surface area contributed by atoms with Crippen molar-refractivity contribution in [1.29, 1.82) is 0 Å². The van der Waals surface area contributed by atoms with Gasteiger partial charge in [0.2, 0.25) is 5.91 Å². The number of rotatable bonds is 6. The highest BCUT2D eigenvalue weighted by atomic mass is 16.5. The van der Waals surface area contributed by atoms with E-state index in [0.717, 1.165) is 50.4 Å². The van der Waals surface area contributed by atoms with Gasteiger partial charge in [-0.1, -0.05) is 18.2 Å². The fraction of sp³-hybridized carbons (Fsp3) is 0.357. The van der Waals surface area contributed by atoms with Crippen molar-refractivity contribution in [3.63, 3.8) is 0 Å². The zero-order chi connectivity index (χ0) is 24.9. The molecule has 2 saturated heterocycles. The van der Waals surface area contributed by atoms with Crippen LogP contribution in [0.1, 0.15) is 41.1 Å². The summed E-state index contributed by atoms with van der Waals surface area (Å²) in [4.78, 5) is 29.7. The molecule has 0 aliphatic carbocycles. The summed E-state index contributed by atoms with van der Waals surface area (Å²) in [5, 5.41) is 11.1. The standard InChI is InChI=1S/C28H31N5O3/c1-36-25-5-2-4-22(18-25)28(35)32-15-11-21(12-16-32)20-7-9-24(10-8-20)30-27(34)23-13-17-33(19-23)26-6-3-14-29-31-26/h2-10,14,18,21,23H,11-13,15-17,19H2,1H3,(H,30,34). The molecule has 1 atom stereocenters. The fourth-order valence-electron chi connectivity index (χ4n) is 5.08.